The van der Waals surface area contributed by atoms with Crippen molar-refractivity contribution in [2.24, 2.45) is 0 Å². The Kier molecular flexibility index (Phi) is 6.11. The third-order valence-electron chi connectivity index (χ3n) is 2.74. The number of hydrogen-bond donors (Lipinski definition) is 3. The summed E-state index contributed by atoms with van der Waals surface area (Å²) in [7, 11) is 0. The number of aliphatic carboxylic acids is 1. The molecular formula is C15H18N2O3. The third kappa shape index (κ3) is 5.02. The maximum Gasteiger partial charge on any atom is 0.326 e. The Morgan fingerprint density at radius 3 is 2.80 bits per heavy atom. The summed E-state index contributed by atoms with van der Waals surface area (Å²) in [6.07, 6.45) is 7.29. The fraction of sp³-hybridized carbons (Fsp3) is 0.333. The van der Waals surface area contributed by atoms with Gasteiger partial charge in [-0.3, -0.25) is 0 Å². The standard InChI is InChI=1S/C15H18N2O3/c1-3-5-9-13(14(18)19)17-15(20)16-12-8-6-7-11(4-2)10-12/h2,6-8,10,13H,3,5,9H2,1H3,(H,18,19)(H2,16,17,20)/t13-/m0/s1. The molecular weight excluding hydrogens is 256 g/mol. The molecule has 1 rings (SSSR count). The largest absolute Gasteiger partial charge is 0.480 e. The number of nitrogens with one attached hydrogen (secondary N) is 2. The van der Waals surface area contributed by atoms with Gasteiger partial charge in [-0.05, 0) is 24.6 Å². The normalized spacial score (nSPS) is 11.2. The number of anilines is 1. The molecule has 0 bridgehead atoms. The zero-order valence-electron chi connectivity index (χ0n) is 11.3. The minimum Gasteiger partial charge on any atom is -0.480 e. The summed E-state index contributed by atoms with van der Waals surface area (Å²) < 4.78 is 0. The fourth-order valence-corrected chi connectivity index (χ4v) is 1.68. The Balaban J connectivity index is 2.61. The lowest BCUT2D eigenvalue weighted by Gasteiger charge is -2.14. The molecule has 1 aromatic carbocycles. The molecule has 1 aromatic rings. The Labute approximate surface area is 118 Å². The Bertz CT molecular complexity index is 520. The molecule has 5 nitrogen and oxygen atoms in total. The molecule has 0 saturated carbocycles. The van der Waals surface area contributed by atoms with E-state index in [1.165, 1.54) is 0 Å². The van der Waals surface area contributed by atoms with E-state index in [0.717, 1.165) is 12.8 Å². The van der Waals surface area contributed by atoms with Gasteiger partial charge in [0.15, 0.2) is 0 Å². The second-order valence-corrected chi connectivity index (χ2v) is 4.36. The molecule has 0 aromatic heterocycles. The highest BCUT2D eigenvalue weighted by Gasteiger charge is 2.19. The van der Waals surface area contributed by atoms with E-state index in [4.69, 9.17) is 11.5 Å². The van der Waals surface area contributed by atoms with E-state index in [1.807, 2.05) is 6.92 Å². The first-order chi connectivity index (χ1) is 9.56. The summed E-state index contributed by atoms with van der Waals surface area (Å²) in [6, 6.07) is 5.35. The second kappa shape index (κ2) is 7.85. The SMILES string of the molecule is C#Cc1cccc(NC(=O)N[C@@H](CCCC)C(=O)O)c1. The van der Waals surface area contributed by atoms with Crippen molar-refractivity contribution in [1.82, 2.24) is 5.32 Å². The average molecular weight is 274 g/mol. The second-order valence-electron chi connectivity index (χ2n) is 4.36. The number of terminal acetylenes is 1. The minimum absolute atomic E-state index is 0.406. The highest BCUT2D eigenvalue weighted by atomic mass is 16.4. The van der Waals surface area contributed by atoms with Gasteiger partial charge in [0.25, 0.3) is 0 Å². The average Bonchev–Trinajstić information content (AvgIpc) is 2.43. The van der Waals surface area contributed by atoms with E-state index in [-0.39, 0.29) is 0 Å². The summed E-state index contributed by atoms with van der Waals surface area (Å²) >= 11 is 0. The van der Waals surface area contributed by atoms with Crippen molar-refractivity contribution >= 4 is 17.7 Å². The van der Waals surface area contributed by atoms with Gasteiger partial charge in [0.05, 0.1) is 0 Å². The molecule has 0 aliphatic rings. The molecule has 0 unspecified atom stereocenters. The number of carbonyl (C=O) groups excluding carboxylic acids is 1. The molecule has 0 fully saturated rings. The molecule has 0 aliphatic heterocycles. The summed E-state index contributed by atoms with van der Waals surface area (Å²) in [5, 5.41) is 14.0. The maximum absolute atomic E-state index is 11.8. The zero-order chi connectivity index (χ0) is 15.0. The quantitative estimate of drug-likeness (QED) is 0.697. The number of urea groups is 1. The van der Waals surface area contributed by atoms with Crippen LogP contribution < -0.4 is 10.6 Å². The van der Waals surface area contributed by atoms with Crippen LogP contribution in [-0.2, 0) is 4.79 Å². The van der Waals surface area contributed by atoms with Crippen molar-refractivity contribution in [1.29, 1.82) is 0 Å². The summed E-state index contributed by atoms with van der Waals surface area (Å²) in [6.45, 7) is 1.96. The van der Waals surface area contributed by atoms with Crippen LogP contribution in [0.15, 0.2) is 24.3 Å². The van der Waals surface area contributed by atoms with Crippen LogP contribution in [-0.4, -0.2) is 23.1 Å². The Morgan fingerprint density at radius 2 is 2.20 bits per heavy atom. The van der Waals surface area contributed by atoms with E-state index in [2.05, 4.69) is 16.6 Å². The number of hydrogen-bond acceptors (Lipinski definition) is 2. The first-order valence-electron chi connectivity index (χ1n) is 6.43. The van der Waals surface area contributed by atoms with Gasteiger partial charge < -0.3 is 15.7 Å². The number of benzene rings is 1. The molecule has 0 saturated heterocycles. The van der Waals surface area contributed by atoms with Crippen molar-refractivity contribution in [3.8, 4) is 12.3 Å². The van der Waals surface area contributed by atoms with Gasteiger partial charge in [-0.15, -0.1) is 6.42 Å². The van der Waals surface area contributed by atoms with Gasteiger partial charge in [-0.1, -0.05) is 31.8 Å². The molecule has 2 amide bonds. The molecule has 0 radical (unpaired) electrons. The first-order valence-corrected chi connectivity index (χ1v) is 6.43. The van der Waals surface area contributed by atoms with Crippen LogP contribution in [0.5, 0.6) is 0 Å². The van der Waals surface area contributed by atoms with Crippen LogP contribution >= 0.6 is 0 Å². The maximum atomic E-state index is 11.8. The topological polar surface area (TPSA) is 78.4 Å². The summed E-state index contributed by atoms with van der Waals surface area (Å²) in [5.74, 6) is 1.43. The van der Waals surface area contributed by atoms with Gasteiger partial charge in [0.1, 0.15) is 6.04 Å². The predicted molar refractivity (Wildman–Crippen MR) is 77.5 cm³/mol. The molecule has 0 heterocycles. The van der Waals surface area contributed by atoms with Crippen molar-refractivity contribution in [2.75, 3.05) is 5.32 Å². The third-order valence-corrected chi connectivity index (χ3v) is 2.74. The molecule has 106 valence electrons. The van der Waals surface area contributed by atoms with Gasteiger partial charge in [-0.25, -0.2) is 9.59 Å². The van der Waals surface area contributed by atoms with Crippen LogP contribution in [0, 0.1) is 12.3 Å². The molecule has 5 heteroatoms. The van der Waals surface area contributed by atoms with Crippen LogP contribution in [0.3, 0.4) is 0 Å². The van der Waals surface area contributed by atoms with Crippen molar-refractivity contribution in [3.63, 3.8) is 0 Å². The van der Waals surface area contributed by atoms with Crippen LogP contribution in [0.1, 0.15) is 31.7 Å². The number of unbranched alkanes of at least 4 members (excludes halogenated alkanes) is 1. The van der Waals surface area contributed by atoms with E-state index in [0.29, 0.717) is 17.7 Å². The van der Waals surface area contributed by atoms with Gasteiger partial charge in [0, 0.05) is 11.3 Å². The van der Waals surface area contributed by atoms with Gasteiger partial charge in [0.2, 0.25) is 0 Å². The van der Waals surface area contributed by atoms with Crippen molar-refractivity contribution in [3.05, 3.63) is 29.8 Å². The monoisotopic (exact) mass is 274 g/mol. The number of rotatable bonds is 6. The smallest absolute Gasteiger partial charge is 0.326 e. The fourth-order valence-electron chi connectivity index (χ4n) is 1.68. The minimum atomic E-state index is -1.04. The highest BCUT2D eigenvalue weighted by Crippen LogP contribution is 2.09. The molecule has 0 aliphatic carbocycles. The molecule has 20 heavy (non-hydrogen) atoms. The summed E-state index contributed by atoms with van der Waals surface area (Å²) in [5.41, 5.74) is 1.17. The van der Waals surface area contributed by atoms with Crippen LogP contribution in [0.25, 0.3) is 0 Å². The molecule has 3 N–H and O–H groups in total. The lowest BCUT2D eigenvalue weighted by atomic mass is 10.1. The van der Waals surface area contributed by atoms with Crippen molar-refractivity contribution in [2.45, 2.75) is 32.2 Å². The highest BCUT2D eigenvalue weighted by molar-refractivity contribution is 5.92. The number of carboxylic acid groups (broad SMARTS) is 1. The van der Waals surface area contributed by atoms with Gasteiger partial charge in [-0.2, -0.15) is 0 Å². The Morgan fingerprint density at radius 1 is 1.45 bits per heavy atom. The number of amides is 2. The van der Waals surface area contributed by atoms with E-state index in [9.17, 15) is 9.59 Å². The van der Waals surface area contributed by atoms with E-state index >= 15 is 0 Å². The lowest BCUT2D eigenvalue weighted by molar-refractivity contribution is -0.139. The van der Waals surface area contributed by atoms with Crippen LogP contribution in [0.2, 0.25) is 0 Å². The number of carboxylic acids is 1. The predicted octanol–water partition coefficient (Wildman–Crippen LogP) is 2.43. The zero-order valence-corrected chi connectivity index (χ0v) is 11.3. The summed E-state index contributed by atoms with van der Waals surface area (Å²) in [4.78, 5) is 22.8. The van der Waals surface area contributed by atoms with E-state index in [1.54, 1.807) is 24.3 Å². The van der Waals surface area contributed by atoms with Gasteiger partial charge >= 0.3 is 12.0 Å². The molecule has 0 spiro atoms. The Hall–Kier alpha value is -2.48. The van der Waals surface area contributed by atoms with E-state index < -0.39 is 18.0 Å². The lowest BCUT2D eigenvalue weighted by Crippen LogP contribution is -2.42. The molecule has 1 atom stereocenters. The van der Waals surface area contributed by atoms with Crippen LogP contribution in [0.4, 0.5) is 10.5 Å². The number of carbonyl (C=O) groups is 2. The van der Waals surface area contributed by atoms with Crippen molar-refractivity contribution < 1.29 is 14.7 Å². The first kappa shape index (κ1) is 15.6.